The predicted octanol–water partition coefficient (Wildman–Crippen LogP) is 1.50. The molecule has 0 unspecified atom stereocenters. The molecule has 32 heavy (non-hydrogen) atoms. The number of sulfonamides is 1. The summed E-state index contributed by atoms with van der Waals surface area (Å²) in [5, 5.41) is 12.4. The van der Waals surface area contributed by atoms with Crippen molar-refractivity contribution >= 4 is 15.9 Å². The van der Waals surface area contributed by atoms with Crippen molar-refractivity contribution in [3.05, 3.63) is 72.1 Å². The molecular weight excluding hydrogens is 439 g/mol. The molecular formula is C22H25FN2O6S. The maximum atomic E-state index is 13.2. The molecule has 0 aromatic heterocycles. The molecule has 10 heteroatoms. The molecule has 0 saturated carbocycles. The van der Waals surface area contributed by atoms with E-state index in [2.05, 4.69) is 10.0 Å². The van der Waals surface area contributed by atoms with E-state index in [4.69, 9.17) is 9.47 Å². The highest BCUT2D eigenvalue weighted by Gasteiger charge is 2.32. The van der Waals surface area contributed by atoms with Crippen LogP contribution in [-0.4, -0.2) is 51.4 Å². The van der Waals surface area contributed by atoms with Gasteiger partial charge in [0, 0.05) is 6.54 Å². The van der Waals surface area contributed by atoms with Crippen LogP contribution in [-0.2, 0) is 26.1 Å². The van der Waals surface area contributed by atoms with Crippen LogP contribution >= 0.6 is 0 Å². The van der Waals surface area contributed by atoms with Gasteiger partial charge in [0.1, 0.15) is 22.6 Å². The van der Waals surface area contributed by atoms with Crippen molar-refractivity contribution in [1.29, 1.82) is 0 Å². The largest absolute Gasteiger partial charge is 0.495 e. The van der Waals surface area contributed by atoms with Gasteiger partial charge in [-0.05, 0) is 29.8 Å². The molecule has 1 aliphatic heterocycles. The number of ether oxygens (including phenoxy) is 2. The SMILES string of the molecule is COc1ccccc1S(=O)(=O)N[C@@H]1C=C[C@H](CC(=O)NCc2cccc(F)c2)O[C@H]1CO. The van der Waals surface area contributed by atoms with Crippen LogP contribution in [0.15, 0.2) is 65.6 Å². The number of rotatable bonds is 9. The zero-order valence-electron chi connectivity index (χ0n) is 17.4. The van der Waals surface area contributed by atoms with E-state index in [9.17, 15) is 22.7 Å². The Labute approximate surface area is 186 Å². The summed E-state index contributed by atoms with van der Waals surface area (Å²) in [4.78, 5) is 12.2. The number of aliphatic hydroxyl groups is 1. The number of amides is 1. The van der Waals surface area contributed by atoms with Gasteiger partial charge in [-0.2, -0.15) is 0 Å². The summed E-state index contributed by atoms with van der Waals surface area (Å²) in [7, 11) is -2.58. The summed E-state index contributed by atoms with van der Waals surface area (Å²) in [5.74, 6) is -0.523. The smallest absolute Gasteiger partial charge is 0.244 e. The summed E-state index contributed by atoms with van der Waals surface area (Å²) in [5.41, 5.74) is 0.623. The van der Waals surface area contributed by atoms with Crippen molar-refractivity contribution < 1.29 is 32.2 Å². The van der Waals surface area contributed by atoms with E-state index in [1.165, 1.54) is 31.4 Å². The second-order valence-corrected chi connectivity index (χ2v) is 8.87. The number of nitrogens with one attached hydrogen (secondary N) is 2. The molecule has 8 nitrogen and oxygen atoms in total. The first-order valence-electron chi connectivity index (χ1n) is 9.93. The standard InChI is InChI=1S/C22H25FN2O6S/c1-30-19-7-2-3-8-21(19)32(28,29)25-18-10-9-17(31-20(18)14-26)12-22(27)24-13-15-5-4-6-16(23)11-15/h2-11,17-18,20,25-26H,12-14H2,1H3,(H,24,27)/t17-,18-,20+/m1/s1. The third kappa shape index (κ3) is 6.13. The molecule has 1 aliphatic rings. The fraction of sp³-hybridized carbons (Fsp3) is 0.318. The molecule has 172 valence electrons. The Balaban J connectivity index is 1.61. The van der Waals surface area contributed by atoms with E-state index in [-0.39, 0.29) is 35.3 Å². The summed E-state index contributed by atoms with van der Waals surface area (Å²) >= 11 is 0. The van der Waals surface area contributed by atoms with Crippen LogP contribution in [0.3, 0.4) is 0 Å². The Hall–Kier alpha value is -2.79. The zero-order valence-corrected chi connectivity index (χ0v) is 18.2. The lowest BCUT2D eigenvalue weighted by atomic mass is 10.1. The molecule has 3 rings (SSSR count). The number of hydrogen-bond donors (Lipinski definition) is 3. The summed E-state index contributed by atoms with van der Waals surface area (Å²) < 4.78 is 52.1. The molecule has 2 aromatic rings. The van der Waals surface area contributed by atoms with Crippen molar-refractivity contribution in [2.45, 2.75) is 36.1 Å². The minimum Gasteiger partial charge on any atom is -0.495 e. The van der Waals surface area contributed by atoms with Crippen LogP contribution in [0.2, 0.25) is 0 Å². The van der Waals surface area contributed by atoms with Gasteiger partial charge in [-0.15, -0.1) is 0 Å². The van der Waals surface area contributed by atoms with Gasteiger partial charge in [-0.3, -0.25) is 4.79 Å². The van der Waals surface area contributed by atoms with E-state index < -0.39 is 34.9 Å². The van der Waals surface area contributed by atoms with Crippen LogP contribution in [0, 0.1) is 5.82 Å². The molecule has 0 spiro atoms. The van der Waals surface area contributed by atoms with Gasteiger partial charge in [-0.1, -0.05) is 36.4 Å². The Morgan fingerprint density at radius 1 is 1.19 bits per heavy atom. The summed E-state index contributed by atoms with van der Waals surface area (Å²) in [6, 6.07) is 11.2. The lowest BCUT2D eigenvalue weighted by molar-refractivity contribution is -0.125. The zero-order chi connectivity index (χ0) is 23.1. The van der Waals surface area contributed by atoms with Crippen LogP contribution in [0.1, 0.15) is 12.0 Å². The highest BCUT2D eigenvalue weighted by molar-refractivity contribution is 7.89. The van der Waals surface area contributed by atoms with Gasteiger partial charge in [-0.25, -0.2) is 17.5 Å². The van der Waals surface area contributed by atoms with Crippen LogP contribution in [0.25, 0.3) is 0 Å². The molecule has 1 heterocycles. The van der Waals surface area contributed by atoms with Gasteiger partial charge >= 0.3 is 0 Å². The topological polar surface area (TPSA) is 114 Å². The Morgan fingerprint density at radius 3 is 2.69 bits per heavy atom. The van der Waals surface area contributed by atoms with E-state index >= 15 is 0 Å². The molecule has 0 fully saturated rings. The summed E-state index contributed by atoms with van der Waals surface area (Å²) in [6.07, 6.45) is 1.57. The normalized spacial score (nSPS) is 20.7. The Bertz CT molecular complexity index is 1080. The Kier molecular flexibility index (Phi) is 7.97. The second-order valence-electron chi connectivity index (χ2n) is 7.19. The van der Waals surface area contributed by atoms with Crippen molar-refractivity contribution in [3.8, 4) is 5.75 Å². The molecule has 0 aliphatic carbocycles. The second kappa shape index (κ2) is 10.7. The van der Waals surface area contributed by atoms with Gasteiger partial charge in [0.25, 0.3) is 0 Å². The number of para-hydroxylation sites is 1. The van der Waals surface area contributed by atoms with Gasteiger partial charge in [0.15, 0.2) is 0 Å². The van der Waals surface area contributed by atoms with Crippen LogP contribution < -0.4 is 14.8 Å². The Morgan fingerprint density at radius 2 is 1.97 bits per heavy atom. The average molecular weight is 465 g/mol. The third-order valence-corrected chi connectivity index (χ3v) is 6.38. The fourth-order valence-corrected chi connectivity index (χ4v) is 4.69. The van der Waals surface area contributed by atoms with Gasteiger partial charge in [0.05, 0.1) is 32.3 Å². The van der Waals surface area contributed by atoms with E-state index in [1.54, 1.807) is 36.4 Å². The van der Waals surface area contributed by atoms with Gasteiger partial charge in [0.2, 0.25) is 15.9 Å². The van der Waals surface area contributed by atoms with Crippen molar-refractivity contribution in [2.24, 2.45) is 0 Å². The number of carbonyl (C=O) groups is 1. The van der Waals surface area contributed by atoms with Crippen LogP contribution in [0.5, 0.6) is 5.75 Å². The van der Waals surface area contributed by atoms with Crippen LogP contribution in [0.4, 0.5) is 4.39 Å². The highest BCUT2D eigenvalue weighted by atomic mass is 32.2. The number of hydrogen-bond acceptors (Lipinski definition) is 6. The average Bonchev–Trinajstić information content (AvgIpc) is 2.78. The molecule has 0 bridgehead atoms. The highest BCUT2D eigenvalue weighted by Crippen LogP contribution is 2.24. The van der Waals surface area contributed by atoms with E-state index in [0.717, 1.165) is 0 Å². The molecule has 0 saturated heterocycles. The lowest BCUT2D eigenvalue weighted by Gasteiger charge is -2.31. The van der Waals surface area contributed by atoms with Crippen molar-refractivity contribution in [2.75, 3.05) is 13.7 Å². The van der Waals surface area contributed by atoms with E-state index in [1.807, 2.05) is 0 Å². The number of carbonyl (C=O) groups excluding carboxylic acids is 1. The third-order valence-electron chi connectivity index (χ3n) is 4.88. The first-order chi connectivity index (χ1) is 15.3. The lowest BCUT2D eigenvalue weighted by Crippen LogP contribution is -2.49. The fourth-order valence-electron chi connectivity index (χ4n) is 3.30. The number of halogens is 1. The molecule has 0 radical (unpaired) electrons. The van der Waals surface area contributed by atoms with Crippen molar-refractivity contribution in [3.63, 3.8) is 0 Å². The maximum absolute atomic E-state index is 13.2. The van der Waals surface area contributed by atoms with Crippen molar-refractivity contribution in [1.82, 2.24) is 10.0 Å². The first-order valence-corrected chi connectivity index (χ1v) is 11.4. The minimum absolute atomic E-state index is 0.0334. The monoisotopic (exact) mass is 464 g/mol. The maximum Gasteiger partial charge on any atom is 0.244 e. The number of aliphatic hydroxyl groups excluding tert-OH is 1. The first kappa shape index (κ1) is 23.9. The molecule has 3 atom stereocenters. The number of benzene rings is 2. The summed E-state index contributed by atoms with van der Waals surface area (Å²) in [6.45, 7) is -0.289. The molecule has 3 N–H and O–H groups in total. The predicted molar refractivity (Wildman–Crippen MR) is 115 cm³/mol. The van der Waals surface area contributed by atoms with Gasteiger partial charge < -0.3 is 19.9 Å². The minimum atomic E-state index is -3.96. The molecule has 1 amide bonds. The number of methoxy groups -OCH3 is 1. The van der Waals surface area contributed by atoms with E-state index in [0.29, 0.717) is 5.56 Å². The quantitative estimate of drug-likeness (QED) is 0.485. The molecule has 2 aromatic carbocycles.